The second-order valence-electron chi connectivity index (χ2n) is 6.34. The van der Waals surface area contributed by atoms with Crippen LogP contribution in [-0.2, 0) is 11.3 Å². The van der Waals surface area contributed by atoms with Gasteiger partial charge < -0.3 is 10.1 Å². The average Bonchev–Trinajstić information content (AvgIpc) is 2.66. The zero-order valence-electron chi connectivity index (χ0n) is 13.9. The summed E-state index contributed by atoms with van der Waals surface area (Å²) in [6.45, 7) is 1.17. The number of carbonyl (C=O) groups excluding carboxylic acids is 1. The van der Waals surface area contributed by atoms with Gasteiger partial charge in [0.15, 0.2) is 0 Å². The minimum atomic E-state index is 0.0645. The summed E-state index contributed by atoms with van der Waals surface area (Å²) >= 11 is 0. The number of para-hydroxylation sites is 2. The Labute approximate surface area is 146 Å². The number of ether oxygens (including phenoxy) is 1. The number of rotatable bonds is 4. The maximum Gasteiger partial charge on any atom is 0.220 e. The lowest BCUT2D eigenvalue weighted by Gasteiger charge is -2.25. The summed E-state index contributed by atoms with van der Waals surface area (Å²) < 4.78 is 5.67. The number of pyridine rings is 1. The molecule has 4 nitrogen and oxygen atoms in total. The van der Waals surface area contributed by atoms with E-state index in [0.29, 0.717) is 19.6 Å². The van der Waals surface area contributed by atoms with Crippen LogP contribution in [-0.4, -0.2) is 17.5 Å². The molecule has 0 saturated carbocycles. The number of fused-ring (bicyclic) bond motifs is 2. The Morgan fingerprint density at radius 1 is 1.12 bits per heavy atom. The molecule has 0 saturated heterocycles. The molecular formula is C21H20N2O2. The van der Waals surface area contributed by atoms with Crippen LogP contribution >= 0.6 is 0 Å². The first-order valence-electron chi connectivity index (χ1n) is 8.62. The van der Waals surface area contributed by atoms with Crippen molar-refractivity contribution in [2.75, 3.05) is 6.61 Å². The molecular weight excluding hydrogens is 312 g/mol. The third kappa shape index (κ3) is 3.33. The zero-order valence-corrected chi connectivity index (χ0v) is 13.9. The van der Waals surface area contributed by atoms with E-state index in [2.05, 4.69) is 16.4 Å². The van der Waals surface area contributed by atoms with Crippen LogP contribution in [0.25, 0.3) is 10.9 Å². The molecule has 0 spiro atoms. The minimum absolute atomic E-state index is 0.0645. The number of hydrogen-bond acceptors (Lipinski definition) is 3. The van der Waals surface area contributed by atoms with E-state index in [4.69, 9.17) is 4.74 Å². The quantitative estimate of drug-likeness (QED) is 0.790. The van der Waals surface area contributed by atoms with Crippen molar-refractivity contribution in [3.8, 4) is 5.75 Å². The number of aromatic nitrogens is 1. The third-order valence-corrected chi connectivity index (χ3v) is 4.71. The number of amides is 1. The molecule has 0 radical (unpaired) electrons. The minimum Gasteiger partial charge on any atom is -0.493 e. The van der Waals surface area contributed by atoms with Crippen molar-refractivity contribution in [2.24, 2.45) is 0 Å². The van der Waals surface area contributed by atoms with E-state index in [1.165, 1.54) is 0 Å². The number of hydrogen-bond donors (Lipinski definition) is 1. The first-order valence-corrected chi connectivity index (χ1v) is 8.62. The van der Waals surface area contributed by atoms with Crippen LogP contribution in [0.4, 0.5) is 0 Å². The van der Waals surface area contributed by atoms with E-state index in [0.717, 1.165) is 34.2 Å². The second kappa shape index (κ2) is 6.93. The Hall–Kier alpha value is -2.88. The lowest BCUT2D eigenvalue weighted by molar-refractivity contribution is -0.121. The lowest BCUT2D eigenvalue weighted by Crippen LogP contribution is -2.26. The summed E-state index contributed by atoms with van der Waals surface area (Å²) in [7, 11) is 0. The average molecular weight is 332 g/mol. The van der Waals surface area contributed by atoms with Gasteiger partial charge in [0.2, 0.25) is 5.91 Å². The molecule has 3 aromatic rings. The number of nitrogens with one attached hydrogen (secondary N) is 1. The fourth-order valence-corrected chi connectivity index (χ4v) is 3.43. The molecule has 1 amide bonds. The van der Waals surface area contributed by atoms with Crippen LogP contribution in [0.5, 0.6) is 5.75 Å². The Bertz CT molecular complexity index is 902. The van der Waals surface area contributed by atoms with Gasteiger partial charge in [-0.3, -0.25) is 9.78 Å². The Balaban J connectivity index is 1.43. The number of carbonyl (C=O) groups is 1. The van der Waals surface area contributed by atoms with Crippen molar-refractivity contribution >= 4 is 16.8 Å². The highest BCUT2D eigenvalue weighted by Crippen LogP contribution is 2.35. The maximum atomic E-state index is 12.5. The van der Waals surface area contributed by atoms with Gasteiger partial charge in [0.05, 0.1) is 12.1 Å². The Morgan fingerprint density at radius 2 is 2.00 bits per heavy atom. The molecule has 25 heavy (non-hydrogen) atoms. The molecule has 126 valence electrons. The molecule has 1 aliphatic rings. The lowest BCUT2D eigenvalue weighted by atomic mass is 9.90. The largest absolute Gasteiger partial charge is 0.493 e. The van der Waals surface area contributed by atoms with Gasteiger partial charge in [-0.2, -0.15) is 0 Å². The standard InChI is InChI=1S/C21H20N2O2/c24-20(13-16-10-12-25-19-9-2-1-8-18(16)19)23-14-17-6-3-5-15-7-4-11-22-21(15)17/h1-9,11,16H,10,12-14H2,(H,23,24)/t16-/m0/s1. The molecule has 0 fully saturated rings. The fraction of sp³-hybridized carbons (Fsp3) is 0.238. The molecule has 1 aliphatic heterocycles. The number of benzene rings is 2. The molecule has 0 unspecified atom stereocenters. The summed E-state index contributed by atoms with van der Waals surface area (Å²) in [6.07, 6.45) is 3.14. The third-order valence-electron chi connectivity index (χ3n) is 4.71. The molecule has 4 rings (SSSR count). The summed E-state index contributed by atoms with van der Waals surface area (Å²) in [5, 5.41) is 4.14. The highest BCUT2D eigenvalue weighted by atomic mass is 16.5. The Morgan fingerprint density at radius 3 is 2.96 bits per heavy atom. The van der Waals surface area contributed by atoms with E-state index < -0.39 is 0 Å². The van der Waals surface area contributed by atoms with E-state index >= 15 is 0 Å². The van der Waals surface area contributed by atoms with Gasteiger partial charge >= 0.3 is 0 Å². The Kier molecular flexibility index (Phi) is 4.34. The van der Waals surface area contributed by atoms with E-state index in [1.54, 1.807) is 6.20 Å². The predicted octanol–water partition coefficient (Wildman–Crippen LogP) is 3.81. The van der Waals surface area contributed by atoms with E-state index in [-0.39, 0.29) is 11.8 Å². The van der Waals surface area contributed by atoms with Gasteiger partial charge in [-0.05, 0) is 35.6 Å². The normalized spacial score (nSPS) is 16.1. The van der Waals surface area contributed by atoms with Crippen LogP contribution in [0.15, 0.2) is 60.8 Å². The van der Waals surface area contributed by atoms with Gasteiger partial charge in [-0.15, -0.1) is 0 Å². The second-order valence-corrected chi connectivity index (χ2v) is 6.34. The fourth-order valence-electron chi connectivity index (χ4n) is 3.43. The van der Waals surface area contributed by atoms with Gasteiger partial charge in [0.25, 0.3) is 0 Å². The smallest absolute Gasteiger partial charge is 0.220 e. The van der Waals surface area contributed by atoms with Crippen LogP contribution < -0.4 is 10.1 Å². The monoisotopic (exact) mass is 332 g/mol. The highest BCUT2D eigenvalue weighted by molar-refractivity contribution is 5.82. The molecule has 1 aromatic heterocycles. The van der Waals surface area contributed by atoms with Crippen molar-refractivity contribution in [3.63, 3.8) is 0 Å². The van der Waals surface area contributed by atoms with Crippen LogP contribution in [0.1, 0.15) is 29.9 Å². The first-order chi connectivity index (χ1) is 12.3. The summed E-state index contributed by atoms with van der Waals surface area (Å²) in [5.74, 6) is 1.19. The van der Waals surface area contributed by atoms with Crippen molar-refractivity contribution in [2.45, 2.75) is 25.3 Å². The maximum absolute atomic E-state index is 12.5. The predicted molar refractivity (Wildman–Crippen MR) is 97.5 cm³/mol. The van der Waals surface area contributed by atoms with Crippen LogP contribution in [0.3, 0.4) is 0 Å². The topological polar surface area (TPSA) is 51.2 Å². The van der Waals surface area contributed by atoms with Crippen molar-refractivity contribution < 1.29 is 9.53 Å². The summed E-state index contributed by atoms with van der Waals surface area (Å²) in [6, 6.07) is 18.0. The molecule has 1 N–H and O–H groups in total. The van der Waals surface area contributed by atoms with Gasteiger partial charge in [-0.25, -0.2) is 0 Å². The zero-order chi connectivity index (χ0) is 17.1. The molecule has 0 bridgehead atoms. The first kappa shape index (κ1) is 15.6. The highest BCUT2D eigenvalue weighted by Gasteiger charge is 2.23. The van der Waals surface area contributed by atoms with Gasteiger partial charge in [-0.1, -0.05) is 42.5 Å². The summed E-state index contributed by atoms with van der Waals surface area (Å²) in [4.78, 5) is 16.9. The molecule has 2 aromatic carbocycles. The van der Waals surface area contributed by atoms with Crippen molar-refractivity contribution in [1.82, 2.24) is 10.3 Å². The van der Waals surface area contributed by atoms with Gasteiger partial charge in [0, 0.05) is 24.5 Å². The molecule has 1 atom stereocenters. The molecule has 4 heteroatoms. The van der Waals surface area contributed by atoms with E-state index in [9.17, 15) is 4.79 Å². The summed E-state index contributed by atoms with van der Waals surface area (Å²) in [5.41, 5.74) is 3.12. The number of nitrogens with zero attached hydrogens (tertiary/aromatic N) is 1. The van der Waals surface area contributed by atoms with Gasteiger partial charge in [0.1, 0.15) is 5.75 Å². The molecule has 0 aliphatic carbocycles. The van der Waals surface area contributed by atoms with E-state index in [1.807, 2.05) is 48.5 Å². The molecule has 2 heterocycles. The SMILES string of the molecule is O=C(C[C@@H]1CCOc2ccccc21)NCc1cccc2cccnc12. The van der Waals surface area contributed by atoms with Crippen LogP contribution in [0, 0.1) is 0 Å². The van der Waals surface area contributed by atoms with Crippen LogP contribution in [0.2, 0.25) is 0 Å². The van der Waals surface area contributed by atoms with Crippen molar-refractivity contribution in [1.29, 1.82) is 0 Å². The van der Waals surface area contributed by atoms with Crippen molar-refractivity contribution in [3.05, 3.63) is 71.9 Å².